The molecule has 3 aliphatic rings. The standard InChI is InChI=1S/C25H39FO2/c1-2-3-4-19-5-7-20(8-6-19)9-10-21-11-13-22(14-12-21)25(27)28-24-17-15-23(26)16-18-24/h19-24H,2-8,11-18H2,1H3. The van der Waals surface area contributed by atoms with Gasteiger partial charge in [-0.3, -0.25) is 4.79 Å². The molecule has 0 heterocycles. The van der Waals surface area contributed by atoms with Crippen LogP contribution in [0.3, 0.4) is 0 Å². The zero-order valence-corrected chi connectivity index (χ0v) is 17.8. The summed E-state index contributed by atoms with van der Waals surface area (Å²) >= 11 is 0. The van der Waals surface area contributed by atoms with Crippen LogP contribution >= 0.6 is 0 Å². The largest absolute Gasteiger partial charge is 0.462 e. The van der Waals surface area contributed by atoms with Gasteiger partial charge in [-0.1, -0.05) is 38.0 Å². The number of carbonyl (C=O) groups is 1. The molecule has 0 aliphatic heterocycles. The summed E-state index contributed by atoms with van der Waals surface area (Å²) in [6.45, 7) is 2.28. The Hall–Kier alpha value is -1.04. The Balaban J connectivity index is 1.33. The highest BCUT2D eigenvalue weighted by Crippen LogP contribution is 2.33. The summed E-state index contributed by atoms with van der Waals surface area (Å²) in [6.07, 6.45) is 15.0. The van der Waals surface area contributed by atoms with Gasteiger partial charge in [-0.15, -0.1) is 0 Å². The van der Waals surface area contributed by atoms with Gasteiger partial charge in [-0.2, -0.15) is 0 Å². The van der Waals surface area contributed by atoms with Crippen molar-refractivity contribution in [3.8, 4) is 11.8 Å². The van der Waals surface area contributed by atoms with Crippen molar-refractivity contribution in [3.05, 3.63) is 0 Å². The number of halogens is 1. The van der Waals surface area contributed by atoms with Crippen LogP contribution in [0.15, 0.2) is 0 Å². The highest BCUT2D eigenvalue weighted by molar-refractivity contribution is 5.72. The number of unbranched alkanes of at least 4 members (excludes halogenated alkanes) is 1. The van der Waals surface area contributed by atoms with E-state index in [0.717, 1.165) is 31.6 Å². The minimum Gasteiger partial charge on any atom is -0.462 e. The number of ether oxygens (including phenoxy) is 1. The van der Waals surface area contributed by atoms with Gasteiger partial charge >= 0.3 is 5.97 Å². The second-order valence-corrected chi connectivity index (χ2v) is 9.51. The molecule has 0 atom stereocenters. The van der Waals surface area contributed by atoms with Gasteiger partial charge in [0.1, 0.15) is 12.3 Å². The third kappa shape index (κ3) is 6.78. The molecule has 0 radical (unpaired) electrons. The quantitative estimate of drug-likeness (QED) is 0.390. The number of hydrogen-bond acceptors (Lipinski definition) is 2. The summed E-state index contributed by atoms with van der Waals surface area (Å²) in [7, 11) is 0. The Labute approximate surface area is 171 Å². The Kier molecular flexibility index (Phi) is 8.68. The van der Waals surface area contributed by atoms with E-state index >= 15 is 0 Å². The molecule has 0 bridgehead atoms. The maximum Gasteiger partial charge on any atom is 0.309 e. The van der Waals surface area contributed by atoms with E-state index in [1.807, 2.05) is 0 Å². The van der Waals surface area contributed by atoms with Crippen LogP contribution in [0.1, 0.15) is 103 Å². The average Bonchev–Trinajstić information content (AvgIpc) is 2.73. The van der Waals surface area contributed by atoms with Crippen LogP contribution < -0.4 is 0 Å². The molecule has 3 heteroatoms. The van der Waals surface area contributed by atoms with Gasteiger partial charge in [0, 0.05) is 11.8 Å². The first-order valence-corrected chi connectivity index (χ1v) is 12.0. The fourth-order valence-corrected chi connectivity index (χ4v) is 5.20. The van der Waals surface area contributed by atoms with E-state index in [0.29, 0.717) is 37.5 Å². The van der Waals surface area contributed by atoms with Crippen molar-refractivity contribution in [1.82, 2.24) is 0 Å². The van der Waals surface area contributed by atoms with Gasteiger partial charge in [0.25, 0.3) is 0 Å². The van der Waals surface area contributed by atoms with Gasteiger partial charge in [0.15, 0.2) is 0 Å². The first-order chi connectivity index (χ1) is 13.6. The second-order valence-electron chi connectivity index (χ2n) is 9.51. The molecule has 3 rings (SSSR count). The highest BCUT2D eigenvalue weighted by Gasteiger charge is 2.30. The topological polar surface area (TPSA) is 26.3 Å². The SMILES string of the molecule is CCCCC1CCC(C#CC2CCC(C(=O)OC3CCC(F)CC3)CC2)CC1. The molecule has 0 aromatic heterocycles. The summed E-state index contributed by atoms with van der Waals surface area (Å²) in [5.41, 5.74) is 0. The first-order valence-electron chi connectivity index (χ1n) is 12.0. The van der Waals surface area contributed by atoms with Crippen LogP contribution in [0.5, 0.6) is 0 Å². The molecule has 2 nitrogen and oxygen atoms in total. The fraction of sp³-hybridized carbons (Fsp3) is 0.880. The van der Waals surface area contributed by atoms with Crippen LogP contribution in [0.4, 0.5) is 4.39 Å². The van der Waals surface area contributed by atoms with E-state index in [4.69, 9.17) is 4.74 Å². The molecule has 0 aromatic rings. The molecule has 0 amide bonds. The number of esters is 1. The normalized spacial score (nSPS) is 36.2. The Morgan fingerprint density at radius 2 is 1.43 bits per heavy atom. The third-order valence-corrected chi connectivity index (χ3v) is 7.25. The lowest BCUT2D eigenvalue weighted by molar-refractivity contribution is -0.157. The van der Waals surface area contributed by atoms with Crippen LogP contribution in [0, 0.1) is 35.5 Å². The van der Waals surface area contributed by atoms with Crippen LogP contribution in [0.2, 0.25) is 0 Å². The smallest absolute Gasteiger partial charge is 0.309 e. The Morgan fingerprint density at radius 1 is 0.857 bits per heavy atom. The van der Waals surface area contributed by atoms with Crippen molar-refractivity contribution in [1.29, 1.82) is 0 Å². The minimum absolute atomic E-state index is 0.0372. The Bertz CT molecular complexity index is 524. The van der Waals surface area contributed by atoms with Crippen molar-refractivity contribution in [2.24, 2.45) is 23.7 Å². The van der Waals surface area contributed by atoms with Gasteiger partial charge in [0.05, 0.1) is 5.92 Å². The molecule has 28 heavy (non-hydrogen) atoms. The molecule has 3 saturated carbocycles. The van der Waals surface area contributed by atoms with E-state index < -0.39 is 6.17 Å². The van der Waals surface area contributed by atoms with Gasteiger partial charge in [0.2, 0.25) is 0 Å². The first kappa shape index (κ1) is 21.7. The lowest BCUT2D eigenvalue weighted by Gasteiger charge is -2.29. The van der Waals surface area contributed by atoms with E-state index in [1.54, 1.807) is 0 Å². The lowest BCUT2D eigenvalue weighted by Crippen LogP contribution is -2.30. The molecule has 3 aliphatic carbocycles. The summed E-state index contributed by atoms with van der Waals surface area (Å²) in [5, 5.41) is 0. The van der Waals surface area contributed by atoms with Crippen molar-refractivity contribution >= 4 is 5.97 Å². The number of carbonyl (C=O) groups excluding carboxylic acids is 1. The summed E-state index contributed by atoms with van der Waals surface area (Å²) in [4.78, 5) is 12.4. The van der Waals surface area contributed by atoms with Gasteiger partial charge in [-0.05, 0) is 83.0 Å². The lowest BCUT2D eigenvalue weighted by atomic mass is 9.79. The van der Waals surface area contributed by atoms with Crippen molar-refractivity contribution in [3.63, 3.8) is 0 Å². The molecule has 0 spiro atoms. The van der Waals surface area contributed by atoms with Crippen LogP contribution in [-0.4, -0.2) is 18.2 Å². The van der Waals surface area contributed by atoms with Crippen molar-refractivity contribution < 1.29 is 13.9 Å². The predicted octanol–water partition coefficient (Wildman–Crippen LogP) is 6.62. The van der Waals surface area contributed by atoms with Crippen molar-refractivity contribution in [2.45, 2.75) is 116 Å². The second kappa shape index (κ2) is 11.2. The number of hydrogen-bond donors (Lipinski definition) is 0. The maximum absolute atomic E-state index is 13.2. The third-order valence-electron chi connectivity index (χ3n) is 7.25. The summed E-state index contributed by atoms with van der Waals surface area (Å²) in [6, 6.07) is 0. The van der Waals surface area contributed by atoms with Gasteiger partial charge in [-0.25, -0.2) is 4.39 Å². The molecule has 158 valence electrons. The number of rotatable bonds is 5. The molecule has 0 saturated heterocycles. The van der Waals surface area contributed by atoms with Gasteiger partial charge < -0.3 is 4.74 Å². The van der Waals surface area contributed by atoms with Crippen molar-refractivity contribution in [2.75, 3.05) is 0 Å². The van der Waals surface area contributed by atoms with E-state index in [-0.39, 0.29) is 18.0 Å². The molecule has 0 N–H and O–H groups in total. The monoisotopic (exact) mass is 390 g/mol. The summed E-state index contributed by atoms with van der Waals surface area (Å²) < 4.78 is 18.9. The molecular weight excluding hydrogens is 351 g/mol. The molecule has 0 aromatic carbocycles. The van der Waals surface area contributed by atoms with Crippen LogP contribution in [-0.2, 0) is 9.53 Å². The van der Waals surface area contributed by atoms with E-state index in [1.165, 1.54) is 44.9 Å². The number of alkyl halides is 1. The summed E-state index contributed by atoms with van der Waals surface area (Å²) in [5.74, 6) is 9.13. The molecule has 3 fully saturated rings. The predicted molar refractivity (Wildman–Crippen MR) is 111 cm³/mol. The average molecular weight is 391 g/mol. The van der Waals surface area contributed by atoms with E-state index in [9.17, 15) is 9.18 Å². The maximum atomic E-state index is 13.2. The highest BCUT2D eigenvalue weighted by atomic mass is 19.1. The van der Waals surface area contributed by atoms with Crippen LogP contribution in [0.25, 0.3) is 0 Å². The molecular formula is C25H39FO2. The Morgan fingerprint density at radius 3 is 2.00 bits per heavy atom. The fourth-order valence-electron chi connectivity index (χ4n) is 5.20. The minimum atomic E-state index is -0.699. The zero-order valence-electron chi connectivity index (χ0n) is 17.8. The molecule has 0 unspecified atom stereocenters. The van der Waals surface area contributed by atoms with E-state index in [2.05, 4.69) is 18.8 Å². The zero-order chi connectivity index (χ0) is 19.8.